The van der Waals surface area contributed by atoms with Crippen molar-refractivity contribution in [3.05, 3.63) is 69.7 Å². The van der Waals surface area contributed by atoms with Gasteiger partial charge in [0.05, 0.1) is 6.04 Å². The van der Waals surface area contributed by atoms with Gasteiger partial charge < -0.3 is 5.32 Å². The van der Waals surface area contributed by atoms with E-state index in [4.69, 9.17) is 0 Å². The molecule has 0 saturated heterocycles. The summed E-state index contributed by atoms with van der Waals surface area (Å²) in [4.78, 5) is 23.9. The number of carbonyl (C=O) groups excluding carboxylic acids is 2. The van der Waals surface area contributed by atoms with Crippen LogP contribution in [-0.2, 0) is 4.79 Å². The monoisotopic (exact) mass is 395 g/mol. The van der Waals surface area contributed by atoms with Crippen molar-refractivity contribution in [2.45, 2.75) is 25.8 Å². The molecule has 2 aromatic rings. The minimum Gasteiger partial charge on any atom is -0.349 e. The highest BCUT2D eigenvalue weighted by Crippen LogP contribution is 2.18. The molecule has 0 aliphatic heterocycles. The van der Waals surface area contributed by atoms with Gasteiger partial charge >= 0.3 is 0 Å². The van der Waals surface area contributed by atoms with E-state index in [2.05, 4.69) is 21.2 Å². The molecule has 0 fully saturated rings. The second-order valence-electron chi connectivity index (χ2n) is 5.39. The molecule has 0 unspecified atom stereocenters. The zero-order valence-corrected chi connectivity index (χ0v) is 14.6. The molecular formula is C18H16BrF2NO2. The SMILES string of the molecule is C[C@H](NC(=O)CCC(=O)c1ccc(Br)cc1)c1ccc(F)cc1F. The van der Waals surface area contributed by atoms with Crippen LogP contribution >= 0.6 is 15.9 Å². The van der Waals surface area contributed by atoms with E-state index in [1.807, 2.05) is 0 Å². The first-order chi connectivity index (χ1) is 11.4. The Morgan fingerprint density at radius 1 is 1.08 bits per heavy atom. The predicted molar refractivity (Wildman–Crippen MR) is 90.6 cm³/mol. The lowest BCUT2D eigenvalue weighted by Gasteiger charge is -2.15. The van der Waals surface area contributed by atoms with Gasteiger partial charge in [-0.05, 0) is 25.1 Å². The van der Waals surface area contributed by atoms with Gasteiger partial charge in [-0.15, -0.1) is 0 Å². The van der Waals surface area contributed by atoms with E-state index in [0.29, 0.717) is 5.56 Å². The molecule has 1 amide bonds. The maximum atomic E-state index is 13.7. The van der Waals surface area contributed by atoms with E-state index < -0.39 is 17.7 Å². The fourth-order valence-electron chi connectivity index (χ4n) is 2.25. The zero-order valence-electron chi connectivity index (χ0n) is 13.0. The van der Waals surface area contributed by atoms with Crippen molar-refractivity contribution in [3.63, 3.8) is 0 Å². The lowest BCUT2D eigenvalue weighted by Crippen LogP contribution is -2.27. The van der Waals surface area contributed by atoms with Crippen LogP contribution in [0.1, 0.15) is 41.7 Å². The average Bonchev–Trinajstić information content (AvgIpc) is 2.53. The Balaban J connectivity index is 1.88. The summed E-state index contributed by atoms with van der Waals surface area (Å²) in [6.45, 7) is 1.60. The van der Waals surface area contributed by atoms with Gasteiger partial charge in [0.25, 0.3) is 0 Å². The van der Waals surface area contributed by atoms with Crippen molar-refractivity contribution in [3.8, 4) is 0 Å². The summed E-state index contributed by atoms with van der Waals surface area (Å²) in [6.07, 6.45) is 0.0636. The quantitative estimate of drug-likeness (QED) is 0.728. The van der Waals surface area contributed by atoms with Crippen LogP contribution in [-0.4, -0.2) is 11.7 Å². The number of rotatable bonds is 6. The molecule has 0 bridgehead atoms. The predicted octanol–water partition coefficient (Wildman–Crippen LogP) is 4.57. The normalized spacial score (nSPS) is 11.8. The average molecular weight is 396 g/mol. The molecule has 0 aromatic heterocycles. The highest BCUT2D eigenvalue weighted by atomic mass is 79.9. The van der Waals surface area contributed by atoms with Crippen molar-refractivity contribution < 1.29 is 18.4 Å². The number of ketones is 1. The van der Waals surface area contributed by atoms with E-state index in [1.165, 1.54) is 6.07 Å². The minimum absolute atomic E-state index is 0.00203. The molecular weight excluding hydrogens is 380 g/mol. The Hall–Kier alpha value is -2.08. The lowest BCUT2D eigenvalue weighted by atomic mass is 10.1. The molecule has 6 heteroatoms. The molecule has 3 nitrogen and oxygen atoms in total. The van der Waals surface area contributed by atoms with Crippen LogP contribution in [0.3, 0.4) is 0 Å². The molecule has 1 N–H and O–H groups in total. The molecule has 1 atom stereocenters. The van der Waals surface area contributed by atoms with Gasteiger partial charge in [-0.25, -0.2) is 8.78 Å². The van der Waals surface area contributed by atoms with E-state index in [0.717, 1.165) is 16.6 Å². The standard InChI is InChI=1S/C18H16BrF2NO2/c1-11(15-7-6-14(20)10-16(15)21)22-18(24)9-8-17(23)12-2-4-13(19)5-3-12/h2-7,10-11H,8-9H2,1H3,(H,22,24)/t11-/m0/s1. The van der Waals surface area contributed by atoms with Crippen LogP contribution < -0.4 is 5.32 Å². The first kappa shape index (κ1) is 18.3. The third-order valence-electron chi connectivity index (χ3n) is 3.55. The molecule has 24 heavy (non-hydrogen) atoms. The van der Waals surface area contributed by atoms with Crippen LogP contribution in [0.15, 0.2) is 46.9 Å². The van der Waals surface area contributed by atoms with Crippen molar-refractivity contribution in [2.24, 2.45) is 0 Å². The highest BCUT2D eigenvalue weighted by Gasteiger charge is 2.15. The van der Waals surface area contributed by atoms with Crippen molar-refractivity contribution in [1.82, 2.24) is 5.32 Å². The van der Waals surface area contributed by atoms with Gasteiger partial charge in [-0.1, -0.05) is 34.1 Å². The van der Waals surface area contributed by atoms with Crippen molar-refractivity contribution in [2.75, 3.05) is 0 Å². The van der Waals surface area contributed by atoms with Crippen molar-refractivity contribution >= 4 is 27.6 Å². The third-order valence-corrected chi connectivity index (χ3v) is 4.08. The maximum Gasteiger partial charge on any atom is 0.220 e. The largest absolute Gasteiger partial charge is 0.349 e. The van der Waals surface area contributed by atoms with Gasteiger partial charge in [0.15, 0.2) is 5.78 Å². The molecule has 0 spiro atoms. The van der Waals surface area contributed by atoms with E-state index in [9.17, 15) is 18.4 Å². The van der Waals surface area contributed by atoms with Gasteiger partial charge in [-0.3, -0.25) is 9.59 Å². The Labute approximate surface area is 147 Å². The summed E-state index contributed by atoms with van der Waals surface area (Å²) in [5.74, 6) is -1.89. The molecule has 126 valence electrons. The Bertz CT molecular complexity index is 747. The topological polar surface area (TPSA) is 46.2 Å². The summed E-state index contributed by atoms with van der Waals surface area (Å²) < 4.78 is 27.4. The number of amides is 1. The van der Waals surface area contributed by atoms with Crippen LogP contribution in [0.5, 0.6) is 0 Å². The summed E-state index contributed by atoms with van der Waals surface area (Å²) in [5, 5.41) is 2.61. The molecule has 0 radical (unpaired) electrons. The number of Topliss-reactive ketones (excluding diaryl/α,β-unsaturated/α-hetero) is 1. The van der Waals surface area contributed by atoms with Crippen molar-refractivity contribution in [1.29, 1.82) is 0 Å². The molecule has 0 heterocycles. The summed E-state index contributed by atoms with van der Waals surface area (Å²) >= 11 is 3.29. The highest BCUT2D eigenvalue weighted by molar-refractivity contribution is 9.10. The number of nitrogens with one attached hydrogen (secondary N) is 1. The maximum absolute atomic E-state index is 13.7. The van der Waals surface area contributed by atoms with Gasteiger partial charge in [-0.2, -0.15) is 0 Å². The summed E-state index contributed by atoms with van der Waals surface area (Å²) in [7, 11) is 0. The Morgan fingerprint density at radius 2 is 1.75 bits per heavy atom. The number of hydrogen-bond donors (Lipinski definition) is 1. The summed E-state index contributed by atoms with van der Waals surface area (Å²) in [6, 6.07) is 9.47. The van der Waals surface area contributed by atoms with Crippen LogP contribution in [0, 0.1) is 11.6 Å². The smallest absolute Gasteiger partial charge is 0.220 e. The zero-order chi connectivity index (χ0) is 17.7. The fourth-order valence-corrected chi connectivity index (χ4v) is 2.52. The Kier molecular flexibility index (Phi) is 6.20. The van der Waals surface area contributed by atoms with Crippen LogP contribution in [0.4, 0.5) is 8.78 Å². The number of carbonyl (C=O) groups is 2. The summed E-state index contributed by atoms with van der Waals surface area (Å²) in [5.41, 5.74) is 0.729. The fraction of sp³-hybridized carbons (Fsp3) is 0.222. The van der Waals surface area contributed by atoms with Gasteiger partial charge in [0.1, 0.15) is 11.6 Å². The lowest BCUT2D eigenvalue weighted by molar-refractivity contribution is -0.121. The Morgan fingerprint density at radius 3 is 2.38 bits per heavy atom. The van der Waals surface area contributed by atoms with E-state index in [1.54, 1.807) is 31.2 Å². The third kappa shape index (κ3) is 4.96. The first-order valence-electron chi connectivity index (χ1n) is 7.40. The van der Waals surface area contributed by atoms with Gasteiger partial charge in [0, 0.05) is 34.5 Å². The molecule has 0 saturated carbocycles. The van der Waals surface area contributed by atoms with Gasteiger partial charge in [0.2, 0.25) is 5.91 Å². The van der Waals surface area contributed by atoms with Crippen LogP contribution in [0.2, 0.25) is 0 Å². The van der Waals surface area contributed by atoms with E-state index in [-0.39, 0.29) is 30.1 Å². The molecule has 0 aliphatic rings. The second-order valence-corrected chi connectivity index (χ2v) is 6.30. The molecule has 2 rings (SSSR count). The minimum atomic E-state index is -0.714. The number of benzene rings is 2. The number of hydrogen-bond acceptors (Lipinski definition) is 2. The molecule has 0 aliphatic carbocycles. The second kappa shape index (κ2) is 8.15. The first-order valence-corrected chi connectivity index (χ1v) is 8.19. The van der Waals surface area contributed by atoms with Crippen LogP contribution in [0.25, 0.3) is 0 Å². The van der Waals surface area contributed by atoms with E-state index >= 15 is 0 Å². The molecule has 2 aromatic carbocycles. The number of halogens is 3.